The normalized spacial score (nSPS) is 14.6. The van der Waals surface area contributed by atoms with Crippen molar-refractivity contribution in [1.82, 2.24) is 0 Å². The molecule has 0 aliphatic carbocycles. The van der Waals surface area contributed by atoms with Crippen LogP contribution in [0.2, 0.25) is 30.0 Å². The van der Waals surface area contributed by atoms with Crippen LogP contribution < -0.4 is 0 Å². The van der Waals surface area contributed by atoms with Crippen molar-refractivity contribution in [3.8, 4) is 0 Å². The standard InChI is InChI=1S/C10H24OSi3/c1-9(2,11)13-10(3,4)12-8-14(5,6)7/h11H,8H2,1-7H3. The van der Waals surface area contributed by atoms with Crippen molar-refractivity contribution >= 4 is 27.1 Å². The fourth-order valence-electron chi connectivity index (χ4n) is 1.30. The van der Waals surface area contributed by atoms with E-state index in [1.54, 1.807) is 0 Å². The Morgan fingerprint density at radius 2 is 1.50 bits per heavy atom. The number of hydrogen-bond acceptors (Lipinski definition) is 1. The average molecular weight is 245 g/mol. The summed E-state index contributed by atoms with van der Waals surface area (Å²) in [6, 6.07) is 0. The quantitative estimate of drug-likeness (QED) is 0.737. The zero-order valence-electron chi connectivity index (χ0n) is 10.7. The molecule has 0 amide bonds. The number of aliphatic hydroxyl groups is 1. The third-order valence-electron chi connectivity index (χ3n) is 1.68. The van der Waals surface area contributed by atoms with Gasteiger partial charge in [-0.3, -0.25) is 0 Å². The summed E-state index contributed by atoms with van der Waals surface area (Å²) in [5.41, 5.74) is 1.39. The van der Waals surface area contributed by atoms with Crippen LogP contribution in [-0.4, -0.2) is 37.4 Å². The molecule has 0 spiro atoms. The number of hydrogen-bond donors (Lipinski definition) is 1. The van der Waals surface area contributed by atoms with Crippen molar-refractivity contribution in [3.05, 3.63) is 0 Å². The van der Waals surface area contributed by atoms with Gasteiger partial charge in [-0.15, -0.1) is 0 Å². The van der Waals surface area contributed by atoms with E-state index >= 15 is 0 Å². The Balaban J connectivity index is 4.09. The van der Waals surface area contributed by atoms with Gasteiger partial charge in [-0.25, -0.2) is 0 Å². The fraction of sp³-hybridized carbons (Fsp3) is 1.00. The van der Waals surface area contributed by atoms with Crippen LogP contribution in [-0.2, 0) is 0 Å². The predicted octanol–water partition coefficient (Wildman–Crippen LogP) is 2.57. The van der Waals surface area contributed by atoms with E-state index in [1.165, 1.54) is 5.67 Å². The monoisotopic (exact) mass is 244 g/mol. The summed E-state index contributed by atoms with van der Waals surface area (Å²) in [6.07, 6.45) is 0. The summed E-state index contributed by atoms with van der Waals surface area (Å²) in [4.78, 5) is 0. The second-order valence-corrected chi connectivity index (χ2v) is 17.6. The molecule has 14 heavy (non-hydrogen) atoms. The van der Waals surface area contributed by atoms with Gasteiger partial charge in [0.15, 0.2) is 0 Å². The first-order chi connectivity index (χ1) is 5.91. The summed E-state index contributed by atoms with van der Waals surface area (Å²) >= 11 is 0. The van der Waals surface area contributed by atoms with E-state index in [0.717, 1.165) is 9.52 Å². The van der Waals surface area contributed by atoms with Crippen LogP contribution in [0.4, 0.5) is 0 Å². The van der Waals surface area contributed by atoms with E-state index in [2.05, 4.69) is 33.5 Å². The minimum atomic E-state index is -0.907. The summed E-state index contributed by atoms with van der Waals surface area (Å²) in [7, 11) is 0.735. The Kier molecular flexibility index (Phi) is 4.84. The van der Waals surface area contributed by atoms with Crippen LogP contribution in [0, 0.1) is 0 Å². The molecule has 0 aliphatic heterocycles. The van der Waals surface area contributed by atoms with Crippen LogP contribution in [0.1, 0.15) is 27.7 Å². The summed E-state index contributed by atoms with van der Waals surface area (Å²) < 4.78 is 0.332. The third kappa shape index (κ3) is 9.18. The van der Waals surface area contributed by atoms with Crippen LogP contribution in [0.5, 0.6) is 0 Å². The zero-order valence-corrected chi connectivity index (χ0v) is 13.7. The van der Waals surface area contributed by atoms with Crippen molar-refractivity contribution in [1.29, 1.82) is 0 Å². The summed E-state index contributed by atoms with van der Waals surface area (Å²) in [5.74, 6) is 0. The van der Waals surface area contributed by atoms with Crippen molar-refractivity contribution < 1.29 is 5.11 Å². The molecular formula is C10H24OSi3. The molecule has 0 fully saturated rings. The highest BCUT2D eigenvalue weighted by Gasteiger charge is 2.30. The lowest BCUT2D eigenvalue weighted by Crippen LogP contribution is -2.39. The van der Waals surface area contributed by atoms with E-state index in [-0.39, 0.29) is 0 Å². The summed E-state index contributed by atoms with van der Waals surface area (Å²) in [6.45, 7) is 15.7. The molecule has 0 rings (SSSR count). The van der Waals surface area contributed by atoms with Gasteiger partial charge in [-0.2, -0.15) is 0 Å². The lowest BCUT2D eigenvalue weighted by atomic mass is 10.5. The maximum atomic E-state index is 9.81. The second kappa shape index (κ2) is 4.63. The van der Waals surface area contributed by atoms with Gasteiger partial charge in [0.2, 0.25) is 0 Å². The topological polar surface area (TPSA) is 20.2 Å². The molecule has 0 saturated carbocycles. The van der Waals surface area contributed by atoms with E-state index in [4.69, 9.17) is 0 Å². The van der Waals surface area contributed by atoms with E-state index in [1.807, 2.05) is 13.8 Å². The minimum Gasteiger partial charge on any atom is -0.395 e. The van der Waals surface area contributed by atoms with Gasteiger partial charge in [-0.1, -0.05) is 39.2 Å². The Labute approximate surface area is 95.3 Å². The fourth-order valence-corrected chi connectivity index (χ4v) is 8.78. The third-order valence-corrected chi connectivity index (χ3v) is 9.65. The van der Waals surface area contributed by atoms with Gasteiger partial charge in [0.25, 0.3) is 0 Å². The lowest BCUT2D eigenvalue weighted by molar-refractivity contribution is 0.163. The molecule has 1 nitrogen and oxygen atoms in total. The van der Waals surface area contributed by atoms with Crippen LogP contribution in [0.25, 0.3) is 0 Å². The molecule has 0 heterocycles. The largest absolute Gasteiger partial charge is 0.395 e. The van der Waals surface area contributed by atoms with Crippen LogP contribution >= 0.6 is 0 Å². The molecule has 4 radical (unpaired) electrons. The lowest BCUT2D eigenvalue weighted by Gasteiger charge is -2.31. The molecule has 0 aromatic heterocycles. The van der Waals surface area contributed by atoms with Crippen molar-refractivity contribution in [3.63, 3.8) is 0 Å². The van der Waals surface area contributed by atoms with E-state index in [0.29, 0.717) is 14.2 Å². The first-order valence-electron chi connectivity index (χ1n) is 5.18. The first kappa shape index (κ1) is 14.6. The van der Waals surface area contributed by atoms with Crippen molar-refractivity contribution in [2.24, 2.45) is 0 Å². The Hall–Kier alpha value is 0.611. The molecule has 0 atom stereocenters. The molecule has 0 unspecified atom stereocenters. The molecule has 4 heteroatoms. The maximum Gasteiger partial charge on any atom is 0.0840 e. The van der Waals surface area contributed by atoms with Gasteiger partial charge in [0.05, 0.1) is 9.52 Å². The molecular weight excluding hydrogens is 220 g/mol. The smallest absolute Gasteiger partial charge is 0.0840 e. The highest BCUT2D eigenvalue weighted by atomic mass is 28.4. The Bertz CT molecular complexity index is 177. The van der Waals surface area contributed by atoms with Gasteiger partial charge >= 0.3 is 0 Å². The Morgan fingerprint density at radius 1 is 1.07 bits per heavy atom. The average Bonchev–Trinajstić information content (AvgIpc) is 1.76. The molecule has 0 saturated heterocycles. The van der Waals surface area contributed by atoms with Gasteiger partial charge in [0.1, 0.15) is 0 Å². The zero-order chi connectivity index (χ0) is 11.6. The predicted molar refractivity (Wildman–Crippen MR) is 70.0 cm³/mol. The van der Waals surface area contributed by atoms with Gasteiger partial charge < -0.3 is 5.11 Å². The van der Waals surface area contributed by atoms with Crippen molar-refractivity contribution in [2.75, 3.05) is 0 Å². The van der Waals surface area contributed by atoms with Crippen LogP contribution in [0.3, 0.4) is 0 Å². The maximum absolute atomic E-state index is 9.81. The van der Waals surface area contributed by atoms with E-state index in [9.17, 15) is 5.11 Å². The van der Waals surface area contributed by atoms with Crippen molar-refractivity contribution in [2.45, 2.75) is 62.9 Å². The van der Waals surface area contributed by atoms with E-state index < -0.39 is 13.3 Å². The van der Waals surface area contributed by atoms with Crippen LogP contribution in [0.15, 0.2) is 0 Å². The second-order valence-electron chi connectivity index (χ2n) is 6.22. The number of rotatable bonds is 5. The summed E-state index contributed by atoms with van der Waals surface area (Å²) in [5, 5.41) is 9.32. The van der Waals surface area contributed by atoms with Gasteiger partial charge in [0, 0.05) is 22.8 Å². The SMILES string of the molecule is CC(C)(O)[Si]C(C)(C)[Si]C[Si](C)(C)C. The molecule has 0 aromatic carbocycles. The highest BCUT2D eigenvalue weighted by Crippen LogP contribution is 2.28. The first-order valence-corrected chi connectivity index (χ1v) is 11.1. The molecule has 82 valence electrons. The minimum absolute atomic E-state index is 0.332. The van der Waals surface area contributed by atoms with Gasteiger partial charge in [-0.05, 0) is 18.5 Å². The highest BCUT2D eigenvalue weighted by molar-refractivity contribution is 6.85. The molecule has 1 N–H and O–H groups in total. The molecule has 0 bridgehead atoms. The Morgan fingerprint density at radius 3 is 1.79 bits per heavy atom. The molecule has 0 aliphatic rings. The molecule has 0 aromatic rings.